The van der Waals surface area contributed by atoms with Crippen molar-refractivity contribution in [2.75, 3.05) is 27.2 Å². The first-order valence-electron chi connectivity index (χ1n) is 6.43. The highest BCUT2D eigenvalue weighted by atomic mass is 16.2. The van der Waals surface area contributed by atoms with Gasteiger partial charge >= 0.3 is 0 Å². The Hall–Kier alpha value is -0.570. The van der Waals surface area contributed by atoms with Crippen LogP contribution in [0.2, 0.25) is 0 Å². The molecule has 3 heteroatoms. The summed E-state index contributed by atoms with van der Waals surface area (Å²) < 4.78 is 0. The minimum atomic E-state index is -0.122. The Morgan fingerprint density at radius 3 is 1.75 bits per heavy atom. The maximum Gasteiger partial charge on any atom is 0.228 e. The molecule has 1 rings (SSSR count). The molecule has 1 N–H and O–H groups in total. The van der Waals surface area contributed by atoms with Crippen molar-refractivity contribution in [2.45, 2.75) is 41.5 Å². The van der Waals surface area contributed by atoms with Gasteiger partial charge in [0.1, 0.15) is 0 Å². The second-order valence-corrected chi connectivity index (χ2v) is 4.06. The van der Waals surface area contributed by atoms with E-state index in [-0.39, 0.29) is 11.3 Å². The molecule has 1 heterocycles. The van der Waals surface area contributed by atoms with E-state index in [0.717, 1.165) is 13.1 Å². The van der Waals surface area contributed by atoms with E-state index in [4.69, 9.17) is 0 Å². The third-order valence-corrected chi connectivity index (χ3v) is 2.89. The van der Waals surface area contributed by atoms with Gasteiger partial charge in [-0.05, 0) is 13.0 Å². The normalized spacial score (nSPS) is 17.3. The van der Waals surface area contributed by atoms with Crippen LogP contribution >= 0.6 is 0 Å². The summed E-state index contributed by atoms with van der Waals surface area (Å²) in [5, 5.41) is 2.74. The lowest BCUT2D eigenvalue weighted by atomic mass is 9.70. The predicted molar refractivity (Wildman–Crippen MR) is 71.5 cm³/mol. The fraction of sp³-hybridized carbons (Fsp3) is 0.923. The first-order valence-corrected chi connectivity index (χ1v) is 6.43. The molecule has 0 radical (unpaired) electrons. The molecule has 98 valence electrons. The number of nitrogens with one attached hydrogen (secondary N) is 1. The Labute approximate surface area is 102 Å². The second kappa shape index (κ2) is 8.57. The molecule has 0 atom stereocenters. The van der Waals surface area contributed by atoms with Gasteiger partial charge in [0.15, 0.2) is 0 Å². The molecule has 1 saturated heterocycles. The molecular formula is C13H30N2O. The van der Waals surface area contributed by atoms with E-state index in [2.05, 4.69) is 24.1 Å². The van der Waals surface area contributed by atoms with Crippen molar-refractivity contribution < 1.29 is 4.79 Å². The van der Waals surface area contributed by atoms with E-state index in [1.165, 1.54) is 0 Å². The van der Waals surface area contributed by atoms with E-state index < -0.39 is 0 Å². The molecular weight excluding hydrogens is 200 g/mol. The van der Waals surface area contributed by atoms with Gasteiger partial charge in [-0.25, -0.2) is 0 Å². The number of amides is 1. The van der Waals surface area contributed by atoms with Crippen LogP contribution in [0.3, 0.4) is 0 Å². The van der Waals surface area contributed by atoms with E-state index in [1.807, 2.05) is 34.7 Å². The number of carbonyl (C=O) groups is 1. The Kier molecular flexibility index (Phi) is 9.54. The zero-order chi connectivity index (χ0) is 13.4. The molecule has 0 aromatic rings. The van der Waals surface area contributed by atoms with E-state index >= 15 is 0 Å². The summed E-state index contributed by atoms with van der Waals surface area (Å²) in [5.74, 6) is 0.615. The third kappa shape index (κ3) is 3.78. The zero-order valence-corrected chi connectivity index (χ0v) is 12.3. The van der Waals surface area contributed by atoms with E-state index in [9.17, 15) is 4.79 Å². The summed E-state index contributed by atoms with van der Waals surface area (Å²) in [6.45, 7) is 14.0. The number of nitrogens with zero attached hydrogens (tertiary/aromatic N) is 1. The molecule has 0 unspecified atom stereocenters. The van der Waals surface area contributed by atoms with Crippen molar-refractivity contribution in [3.8, 4) is 0 Å². The molecule has 0 saturated carbocycles. The standard InChI is InChI=1S/C9H18N2O.2C2H6/c1-7(2)9(8(12)10-3)5-11(4)6-9;2*1-2/h7H,5-6H2,1-4H3,(H,10,12);2*1-2H3. The lowest BCUT2D eigenvalue weighted by Crippen LogP contribution is -2.63. The molecule has 1 amide bonds. The van der Waals surface area contributed by atoms with Gasteiger partial charge in [0, 0.05) is 20.1 Å². The number of carbonyl (C=O) groups excluding carboxylic acids is 1. The van der Waals surface area contributed by atoms with Crippen LogP contribution < -0.4 is 5.32 Å². The minimum Gasteiger partial charge on any atom is -0.359 e. The van der Waals surface area contributed by atoms with Crippen LogP contribution in [0.15, 0.2) is 0 Å². The molecule has 0 aliphatic carbocycles. The summed E-state index contributed by atoms with van der Waals surface area (Å²) in [6.07, 6.45) is 0. The monoisotopic (exact) mass is 230 g/mol. The van der Waals surface area contributed by atoms with Gasteiger partial charge in [-0.2, -0.15) is 0 Å². The van der Waals surface area contributed by atoms with Gasteiger partial charge in [0.2, 0.25) is 5.91 Å². The van der Waals surface area contributed by atoms with Crippen LogP contribution in [0.1, 0.15) is 41.5 Å². The third-order valence-electron chi connectivity index (χ3n) is 2.89. The van der Waals surface area contributed by atoms with Crippen LogP contribution in [-0.4, -0.2) is 38.0 Å². The molecule has 1 aliphatic rings. The van der Waals surface area contributed by atoms with Gasteiger partial charge in [-0.15, -0.1) is 0 Å². The maximum absolute atomic E-state index is 11.6. The molecule has 0 spiro atoms. The molecule has 3 nitrogen and oxygen atoms in total. The molecule has 0 aromatic heterocycles. The van der Waals surface area contributed by atoms with Crippen LogP contribution in [-0.2, 0) is 4.79 Å². The summed E-state index contributed by atoms with van der Waals surface area (Å²) in [6, 6.07) is 0. The fourth-order valence-electron chi connectivity index (χ4n) is 1.94. The number of hydrogen-bond acceptors (Lipinski definition) is 2. The Morgan fingerprint density at radius 2 is 1.56 bits per heavy atom. The van der Waals surface area contributed by atoms with Gasteiger partial charge in [-0.3, -0.25) is 4.79 Å². The van der Waals surface area contributed by atoms with Crippen LogP contribution in [0, 0.1) is 11.3 Å². The maximum atomic E-state index is 11.6. The molecule has 1 aliphatic heterocycles. The smallest absolute Gasteiger partial charge is 0.228 e. The van der Waals surface area contributed by atoms with Crippen molar-refractivity contribution in [1.82, 2.24) is 10.2 Å². The van der Waals surface area contributed by atoms with E-state index in [0.29, 0.717) is 5.92 Å². The van der Waals surface area contributed by atoms with Crippen LogP contribution in [0.4, 0.5) is 0 Å². The zero-order valence-electron chi connectivity index (χ0n) is 12.3. The number of likely N-dealkylation sites (tertiary alicyclic amines) is 1. The number of rotatable bonds is 2. The quantitative estimate of drug-likeness (QED) is 0.790. The van der Waals surface area contributed by atoms with Crippen molar-refractivity contribution in [1.29, 1.82) is 0 Å². The van der Waals surface area contributed by atoms with Gasteiger partial charge < -0.3 is 10.2 Å². The van der Waals surface area contributed by atoms with E-state index in [1.54, 1.807) is 7.05 Å². The molecule has 0 aromatic carbocycles. The van der Waals surface area contributed by atoms with Crippen LogP contribution in [0.25, 0.3) is 0 Å². The first-order chi connectivity index (χ1) is 7.53. The van der Waals surface area contributed by atoms with Gasteiger partial charge in [-0.1, -0.05) is 41.5 Å². The Balaban J connectivity index is 0. The SMILES string of the molecule is CC.CC.CNC(=O)C1(C(C)C)CN(C)C1. The van der Waals surface area contributed by atoms with Crippen molar-refractivity contribution >= 4 is 5.91 Å². The van der Waals surface area contributed by atoms with Crippen molar-refractivity contribution in [3.63, 3.8) is 0 Å². The second-order valence-electron chi connectivity index (χ2n) is 4.06. The highest BCUT2D eigenvalue weighted by Crippen LogP contribution is 2.36. The first kappa shape index (κ1) is 17.8. The van der Waals surface area contributed by atoms with Crippen molar-refractivity contribution in [3.05, 3.63) is 0 Å². The summed E-state index contributed by atoms with van der Waals surface area (Å²) >= 11 is 0. The van der Waals surface area contributed by atoms with Crippen molar-refractivity contribution in [2.24, 2.45) is 11.3 Å². The van der Waals surface area contributed by atoms with Gasteiger partial charge in [0.25, 0.3) is 0 Å². The Morgan fingerprint density at radius 1 is 1.19 bits per heavy atom. The highest BCUT2D eigenvalue weighted by molar-refractivity contribution is 5.84. The largest absolute Gasteiger partial charge is 0.359 e. The average Bonchev–Trinajstić information content (AvgIpc) is 2.28. The Bertz CT molecular complexity index is 184. The lowest BCUT2D eigenvalue weighted by Gasteiger charge is -2.49. The average molecular weight is 230 g/mol. The summed E-state index contributed by atoms with van der Waals surface area (Å²) in [7, 11) is 3.76. The number of hydrogen-bond donors (Lipinski definition) is 1. The summed E-state index contributed by atoms with van der Waals surface area (Å²) in [5.41, 5.74) is -0.122. The molecule has 1 fully saturated rings. The van der Waals surface area contributed by atoms with Gasteiger partial charge in [0.05, 0.1) is 5.41 Å². The van der Waals surface area contributed by atoms with Crippen LogP contribution in [0.5, 0.6) is 0 Å². The topological polar surface area (TPSA) is 32.3 Å². The fourth-order valence-corrected chi connectivity index (χ4v) is 1.94. The minimum absolute atomic E-state index is 0.122. The summed E-state index contributed by atoms with van der Waals surface area (Å²) in [4.78, 5) is 13.7. The molecule has 0 bridgehead atoms. The molecule has 16 heavy (non-hydrogen) atoms. The lowest BCUT2D eigenvalue weighted by molar-refractivity contribution is -0.144. The highest BCUT2D eigenvalue weighted by Gasteiger charge is 2.49. The predicted octanol–water partition coefficient (Wildman–Crippen LogP) is 2.37.